The molecule has 0 saturated heterocycles. The first kappa shape index (κ1) is 12.7. The predicted molar refractivity (Wildman–Crippen MR) is 37.2 cm³/mol. The van der Waals surface area contributed by atoms with Crippen LogP contribution in [-0.4, -0.2) is 21.5 Å². The van der Waals surface area contributed by atoms with E-state index >= 15 is 0 Å². The maximum atomic E-state index is 10.3. The zero-order valence-electron chi connectivity index (χ0n) is 5.94. The molecule has 0 spiro atoms. The summed E-state index contributed by atoms with van der Waals surface area (Å²) in [5, 5.41) is 0. The lowest BCUT2D eigenvalue weighted by Crippen LogP contribution is -2.11. The Morgan fingerprint density at radius 1 is 1.55 bits per heavy atom. The van der Waals surface area contributed by atoms with Crippen LogP contribution in [0.15, 0.2) is 12.7 Å². The lowest BCUT2D eigenvalue weighted by atomic mass is 10.7. The summed E-state index contributed by atoms with van der Waals surface area (Å²) >= 11 is 0. The second kappa shape index (κ2) is 4.83. The Morgan fingerprint density at radius 2 is 2.00 bits per heavy atom. The Morgan fingerprint density at radius 3 is 2.27 bits per heavy atom. The number of hydrogen-bond donors (Lipinski definition) is 1. The normalized spacial score (nSPS) is 9.55. The van der Waals surface area contributed by atoms with Gasteiger partial charge in [-0.15, -0.1) is 0 Å². The third-order valence-electron chi connectivity index (χ3n) is 0.555. The third kappa shape index (κ3) is 5.52. The summed E-state index contributed by atoms with van der Waals surface area (Å²) in [6.45, 7) is 2.98. The minimum Gasteiger partial charge on any atom is -0.344 e. The van der Waals surface area contributed by atoms with Crippen LogP contribution in [0.1, 0.15) is 0 Å². The van der Waals surface area contributed by atoms with E-state index in [1.807, 2.05) is 0 Å². The van der Waals surface area contributed by atoms with Gasteiger partial charge in [0.2, 0.25) is 0 Å². The van der Waals surface area contributed by atoms with E-state index in [1.165, 1.54) is 0 Å². The van der Waals surface area contributed by atoms with Crippen molar-refractivity contribution in [3.63, 3.8) is 0 Å². The van der Waals surface area contributed by atoms with Crippen molar-refractivity contribution in [2.24, 2.45) is 0 Å². The maximum absolute atomic E-state index is 10.3. The summed E-state index contributed by atoms with van der Waals surface area (Å²) in [6, 6.07) is 0. The second-order valence-corrected chi connectivity index (χ2v) is 2.50. The SMILES string of the molecule is C=CC(=O)OS(=O)(=O)OC.N. The largest absolute Gasteiger partial charge is 0.451 e. The topological polar surface area (TPSA) is 105 Å². The predicted octanol–water partition coefficient (Wildman–Crippen LogP) is -0.231. The Labute approximate surface area is 64.7 Å². The molecule has 0 aliphatic rings. The molecule has 0 rings (SSSR count). The molecular formula is C4H9NO5S. The van der Waals surface area contributed by atoms with Crippen molar-refractivity contribution in [1.29, 1.82) is 0 Å². The average molecular weight is 183 g/mol. The summed E-state index contributed by atoms with van der Waals surface area (Å²) < 4.78 is 28.0. The van der Waals surface area contributed by atoms with Gasteiger partial charge in [-0.2, -0.15) is 8.42 Å². The van der Waals surface area contributed by atoms with E-state index in [0.29, 0.717) is 0 Å². The number of hydrogen-bond acceptors (Lipinski definition) is 6. The van der Waals surface area contributed by atoms with Crippen molar-refractivity contribution in [3.05, 3.63) is 12.7 Å². The fourth-order valence-corrected chi connectivity index (χ4v) is 0.506. The molecule has 0 aromatic heterocycles. The molecule has 0 saturated carbocycles. The molecule has 0 radical (unpaired) electrons. The molecule has 0 amide bonds. The highest BCUT2D eigenvalue weighted by Gasteiger charge is 2.12. The van der Waals surface area contributed by atoms with Crippen LogP contribution >= 0.6 is 0 Å². The Bertz CT molecular complexity index is 231. The van der Waals surface area contributed by atoms with Gasteiger partial charge >= 0.3 is 16.4 Å². The maximum Gasteiger partial charge on any atom is 0.451 e. The van der Waals surface area contributed by atoms with Gasteiger partial charge in [-0.05, 0) is 0 Å². The van der Waals surface area contributed by atoms with E-state index < -0.39 is 16.4 Å². The van der Waals surface area contributed by atoms with E-state index in [1.54, 1.807) is 0 Å². The zero-order valence-corrected chi connectivity index (χ0v) is 6.76. The minimum atomic E-state index is -4.15. The molecule has 0 unspecified atom stereocenters. The van der Waals surface area contributed by atoms with Crippen LogP contribution in [-0.2, 0) is 23.6 Å². The van der Waals surface area contributed by atoms with Crippen molar-refractivity contribution >= 4 is 16.4 Å². The molecule has 0 aliphatic heterocycles. The number of carbonyl (C=O) groups excluding carboxylic acids is 1. The Kier molecular flexibility index (Phi) is 5.59. The summed E-state index contributed by atoms with van der Waals surface area (Å²) in [4.78, 5) is 10.2. The molecule has 0 aromatic rings. The van der Waals surface area contributed by atoms with Gasteiger partial charge in [-0.1, -0.05) is 6.58 Å². The van der Waals surface area contributed by atoms with Crippen LogP contribution < -0.4 is 6.15 Å². The highest BCUT2D eigenvalue weighted by Crippen LogP contribution is 1.93. The molecule has 0 heterocycles. The number of carbonyl (C=O) groups is 1. The molecule has 0 aromatic carbocycles. The molecule has 66 valence electrons. The summed E-state index contributed by atoms with van der Waals surface area (Å²) in [7, 11) is -3.27. The zero-order chi connectivity index (χ0) is 8.20. The molecule has 3 N–H and O–H groups in total. The van der Waals surface area contributed by atoms with Gasteiger partial charge in [-0.3, -0.25) is 0 Å². The molecule has 11 heavy (non-hydrogen) atoms. The second-order valence-electron chi connectivity index (χ2n) is 1.18. The van der Waals surface area contributed by atoms with E-state index in [9.17, 15) is 13.2 Å². The molecule has 6 nitrogen and oxygen atoms in total. The van der Waals surface area contributed by atoms with Crippen molar-refractivity contribution in [3.8, 4) is 0 Å². The number of rotatable bonds is 3. The van der Waals surface area contributed by atoms with Crippen LogP contribution in [0.25, 0.3) is 0 Å². The molecular weight excluding hydrogens is 174 g/mol. The molecule has 0 fully saturated rings. The van der Waals surface area contributed by atoms with E-state index in [-0.39, 0.29) is 6.15 Å². The van der Waals surface area contributed by atoms with Gasteiger partial charge in [-0.25, -0.2) is 8.98 Å². The summed E-state index contributed by atoms with van der Waals surface area (Å²) in [6.07, 6.45) is 0.719. The van der Waals surface area contributed by atoms with Crippen LogP contribution in [0.5, 0.6) is 0 Å². The molecule has 0 aliphatic carbocycles. The van der Waals surface area contributed by atoms with Crippen molar-refractivity contribution in [2.45, 2.75) is 0 Å². The smallest absolute Gasteiger partial charge is 0.344 e. The monoisotopic (exact) mass is 183 g/mol. The Balaban J connectivity index is 0. The Hall–Kier alpha value is -0.920. The van der Waals surface area contributed by atoms with Gasteiger partial charge in [0.15, 0.2) is 0 Å². The fraction of sp³-hybridized carbons (Fsp3) is 0.250. The first-order chi connectivity index (χ1) is 4.52. The van der Waals surface area contributed by atoms with E-state index in [4.69, 9.17) is 0 Å². The fourth-order valence-electron chi connectivity index (χ4n) is 0.169. The van der Waals surface area contributed by atoms with E-state index in [2.05, 4.69) is 14.9 Å². The van der Waals surface area contributed by atoms with Crippen molar-refractivity contribution in [2.75, 3.05) is 7.11 Å². The molecule has 0 bridgehead atoms. The molecule has 7 heteroatoms. The standard InChI is InChI=1S/C4H6O5S.H3N/c1-3-4(5)9-10(6,7)8-2;/h3H,1H2,2H3;1H3. The van der Waals surface area contributed by atoms with Gasteiger partial charge in [0.25, 0.3) is 0 Å². The van der Waals surface area contributed by atoms with Gasteiger partial charge in [0.1, 0.15) is 0 Å². The highest BCUT2D eigenvalue weighted by atomic mass is 32.3. The lowest BCUT2D eigenvalue weighted by molar-refractivity contribution is -0.129. The first-order valence-electron chi connectivity index (χ1n) is 2.18. The first-order valence-corrected chi connectivity index (χ1v) is 3.51. The van der Waals surface area contributed by atoms with Crippen LogP contribution in [0, 0.1) is 0 Å². The van der Waals surface area contributed by atoms with Crippen LogP contribution in [0.3, 0.4) is 0 Å². The van der Waals surface area contributed by atoms with Crippen molar-refractivity contribution in [1.82, 2.24) is 6.15 Å². The minimum absolute atomic E-state index is 0. The van der Waals surface area contributed by atoms with E-state index in [0.717, 1.165) is 13.2 Å². The third-order valence-corrected chi connectivity index (χ3v) is 1.33. The van der Waals surface area contributed by atoms with Gasteiger partial charge in [0, 0.05) is 6.08 Å². The van der Waals surface area contributed by atoms with Crippen molar-refractivity contribution < 1.29 is 21.6 Å². The van der Waals surface area contributed by atoms with Gasteiger partial charge in [0.05, 0.1) is 7.11 Å². The summed E-state index contributed by atoms with van der Waals surface area (Å²) in [5.74, 6) is -1.07. The summed E-state index contributed by atoms with van der Waals surface area (Å²) in [5.41, 5.74) is 0. The molecule has 0 atom stereocenters. The van der Waals surface area contributed by atoms with Crippen LogP contribution in [0.4, 0.5) is 0 Å². The quantitative estimate of drug-likeness (QED) is 0.606. The van der Waals surface area contributed by atoms with Crippen LogP contribution in [0.2, 0.25) is 0 Å². The highest BCUT2D eigenvalue weighted by molar-refractivity contribution is 7.82. The average Bonchev–Trinajstić information content (AvgIpc) is 1.87. The lowest BCUT2D eigenvalue weighted by Gasteiger charge is -1.96. The van der Waals surface area contributed by atoms with Gasteiger partial charge < -0.3 is 10.3 Å².